The van der Waals surface area contributed by atoms with Crippen LogP contribution in [0.4, 0.5) is 11.4 Å². The Labute approximate surface area is 288 Å². The van der Waals surface area contributed by atoms with Crippen molar-refractivity contribution in [1.82, 2.24) is 15.4 Å². The molecule has 50 heavy (non-hydrogen) atoms. The third-order valence-electron chi connectivity index (χ3n) is 9.67. The zero-order chi connectivity index (χ0) is 33.0. The van der Waals surface area contributed by atoms with Gasteiger partial charge in [-0.25, -0.2) is 9.98 Å². The maximum absolute atomic E-state index is 5.23. The molecule has 0 N–H and O–H groups in total. The van der Waals surface area contributed by atoms with Gasteiger partial charge in [-0.2, -0.15) is 0 Å². The second-order valence-corrected chi connectivity index (χ2v) is 12.5. The molecular weight excluding hydrogens is 611 g/mol. The van der Waals surface area contributed by atoms with Crippen LogP contribution in [-0.4, -0.2) is 15.4 Å². The molecule has 2 aliphatic rings. The van der Waals surface area contributed by atoms with E-state index in [0.29, 0.717) is 0 Å². The summed E-state index contributed by atoms with van der Waals surface area (Å²) in [4.78, 5) is 10.4. The highest BCUT2D eigenvalue weighted by Crippen LogP contribution is 2.52. The van der Waals surface area contributed by atoms with Gasteiger partial charge in [0.05, 0.1) is 22.1 Å². The third kappa shape index (κ3) is 4.37. The Morgan fingerprint density at radius 3 is 1.74 bits per heavy atom. The van der Waals surface area contributed by atoms with Gasteiger partial charge in [0.1, 0.15) is 11.4 Å². The van der Waals surface area contributed by atoms with Crippen molar-refractivity contribution in [1.29, 1.82) is 0 Å². The van der Waals surface area contributed by atoms with Gasteiger partial charge in [0.15, 0.2) is 0 Å². The highest BCUT2D eigenvalue weighted by Gasteiger charge is 2.30. The minimum atomic E-state index is 0.746. The van der Waals surface area contributed by atoms with Gasteiger partial charge in [0, 0.05) is 38.3 Å². The van der Waals surface area contributed by atoms with E-state index in [1.165, 1.54) is 0 Å². The highest BCUT2D eigenvalue weighted by molar-refractivity contribution is 6.07. The van der Waals surface area contributed by atoms with Crippen molar-refractivity contribution in [3.63, 3.8) is 0 Å². The fourth-order valence-corrected chi connectivity index (χ4v) is 7.47. The summed E-state index contributed by atoms with van der Waals surface area (Å²) in [7, 11) is 0. The van der Waals surface area contributed by atoms with Gasteiger partial charge in [-0.15, -0.1) is 10.2 Å². The molecule has 1 aromatic heterocycles. The maximum Gasteiger partial charge on any atom is 0.106 e. The van der Waals surface area contributed by atoms with Crippen molar-refractivity contribution in [2.45, 2.75) is 0 Å². The summed E-state index contributed by atoms with van der Waals surface area (Å²) in [6.45, 7) is 0. The molecule has 0 amide bonds. The molecule has 0 unspecified atom stereocenters. The molecule has 0 saturated heterocycles. The van der Waals surface area contributed by atoms with Crippen LogP contribution in [0.3, 0.4) is 0 Å². The Hall–Kier alpha value is -6.85. The lowest BCUT2D eigenvalue weighted by molar-refractivity contribution is 0.879. The van der Waals surface area contributed by atoms with Gasteiger partial charge in [0.2, 0.25) is 0 Å². The van der Waals surface area contributed by atoms with E-state index in [2.05, 4.69) is 139 Å². The summed E-state index contributed by atoms with van der Waals surface area (Å²) in [6, 6.07) is 56.7. The second-order valence-electron chi connectivity index (χ2n) is 12.5. The molecule has 10 rings (SSSR count). The average Bonchev–Trinajstić information content (AvgIpc) is 3.77. The third-order valence-corrected chi connectivity index (χ3v) is 9.67. The first kappa shape index (κ1) is 28.2. The normalized spacial score (nSPS) is 11.9. The molecular formula is C45H27N5. The number of hydrogen-bond acceptors (Lipinski definition) is 5. The lowest BCUT2D eigenvalue weighted by atomic mass is 9.83. The van der Waals surface area contributed by atoms with Crippen LogP contribution in [0.15, 0.2) is 174 Å². The van der Waals surface area contributed by atoms with E-state index in [1.807, 2.05) is 30.3 Å². The summed E-state index contributed by atoms with van der Waals surface area (Å²) in [5.41, 5.74) is 13.6. The van der Waals surface area contributed by atoms with Gasteiger partial charge in [-0.1, -0.05) is 140 Å². The lowest BCUT2D eigenvalue weighted by Crippen LogP contribution is -2.04. The quantitative estimate of drug-likeness (QED) is 0.189. The predicted molar refractivity (Wildman–Crippen MR) is 198 cm³/mol. The molecule has 0 spiro atoms. The minimum Gasteiger partial charge on any atom is -0.248 e. The van der Waals surface area contributed by atoms with Crippen LogP contribution < -0.4 is 10.7 Å². The fourth-order valence-electron chi connectivity index (χ4n) is 7.47. The molecule has 5 nitrogen and oxygen atoms in total. The number of para-hydroxylation sites is 1. The van der Waals surface area contributed by atoms with Gasteiger partial charge in [0.25, 0.3) is 0 Å². The first-order valence-electron chi connectivity index (χ1n) is 16.7. The van der Waals surface area contributed by atoms with E-state index in [9.17, 15) is 0 Å². The van der Waals surface area contributed by atoms with Crippen molar-refractivity contribution in [3.05, 3.63) is 185 Å². The monoisotopic (exact) mass is 637 g/mol. The molecule has 0 aliphatic carbocycles. The van der Waals surface area contributed by atoms with Crippen LogP contribution in [0.1, 0.15) is 0 Å². The van der Waals surface area contributed by atoms with Gasteiger partial charge >= 0.3 is 0 Å². The molecule has 8 aromatic rings. The average molecular weight is 638 g/mol. The predicted octanol–water partition coefficient (Wildman–Crippen LogP) is 9.69. The van der Waals surface area contributed by atoms with Crippen LogP contribution in [0.5, 0.6) is 0 Å². The molecule has 0 atom stereocenters. The van der Waals surface area contributed by atoms with Gasteiger partial charge < -0.3 is 0 Å². The number of hydrogen-bond donors (Lipinski definition) is 0. The zero-order valence-corrected chi connectivity index (χ0v) is 26.8. The molecule has 0 fully saturated rings. The number of benzene rings is 7. The number of aromatic nitrogens is 3. The number of rotatable bonds is 5. The Kier molecular flexibility index (Phi) is 6.42. The van der Waals surface area contributed by atoms with E-state index < -0.39 is 0 Å². The second kappa shape index (κ2) is 11.4. The van der Waals surface area contributed by atoms with E-state index in [1.54, 1.807) is 0 Å². The van der Waals surface area contributed by atoms with E-state index >= 15 is 0 Å². The first-order chi connectivity index (χ1) is 24.8. The van der Waals surface area contributed by atoms with E-state index in [-0.39, 0.29) is 0 Å². The Bertz CT molecular complexity index is 2850. The van der Waals surface area contributed by atoms with Crippen molar-refractivity contribution in [2.75, 3.05) is 0 Å². The number of nitrogens with zero attached hydrogens (tertiary/aromatic N) is 5. The Balaban J connectivity index is 1.37. The standard InChI is InChI=1S/C45H27N5/c1-4-14-28(15-5-1)31-20-10-11-21-32(31)34-24-26-37-41(42-38(46-37)27-25-35-33-22-12-13-23-36(33)47-44(35)42)40(34)45-39(29-16-6-2-7-17-29)43(48-50-49-45)30-18-8-3-9-19-30/h1-27H. The topological polar surface area (TPSA) is 63.4 Å². The summed E-state index contributed by atoms with van der Waals surface area (Å²) in [6.07, 6.45) is 0. The fraction of sp³-hybridized carbons (Fsp3) is 0. The van der Waals surface area contributed by atoms with Crippen LogP contribution in [0.2, 0.25) is 0 Å². The summed E-state index contributed by atoms with van der Waals surface area (Å²) in [5, 5.41) is 18.2. The van der Waals surface area contributed by atoms with Crippen LogP contribution in [0, 0.1) is 10.4 Å². The Morgan fingerprint density at radius 2 is 0.960 bits per heavy atom. The van der Waals surface area contributed by atoms with Crippen molar-refractivity contribution >= 4 is 11.4 Å². The molecule has 232 valence electrons. The Morgan fingerprint density at radius 1 is 0.320 bits per heavy atom. The largest absolute Gasteiger partial charge is 0.248 e. The molecule has 0 radical (unpaired) electrons. The van der Waals surface area contributed by atoms with Crippen molar-refractivity contribution in [3.8, 4) is 67.0 Å². The smallest absolute Gasteiger partial charge is 0.106 e. The van der Waals surface area contributed by atoms with Crippen LogP contribution in [0.25, 0.3) is 67.0 Å². The molecule has 5 heteroatoms. The van der Waals surface area contributed by atoms with Gasteiger partial charge in [-0.05, 0) is 57.3 Å². The van der Waals surface area contributed by atoms with Gasteiger partial charge in [-0.3, -0.25) is 0 Å². The molecule has 0 bridgehead atoms. The molecule has 2 aliphatic heterocycles. The van der Waals surface area contributed by atoms with Crippen LogP contribution >= 0.6 is 0 Å². The number of fused-ring (bicyclic) bond motifs is 6. The summed E-state index contributed by atoms with van der Waals surface area (Å²) in [5.74, 6) is 0. The minimum absolute atomic E-state index is 0.746. The maximum atomic E-state index is 5.23. The van der Waals surface area contributed by atoms with E-state index in [4.69, 9.17) is 20.2 Å². The zero-order valence-electron chi connectivity index (χ0n) is 26.8. The molecule has 0 saturated carbocycles. The lowest BCUT2D eigenvalue weighted by Gasteiger charge is -2.21. The first-order valence-corrected chi connectivity index (χ1v) is 16.7. The van der Waals surface area contributed by atoms with E-state index in [0.717, 1.165) is 99.5 Å². The van der Waals surface area contributed by atoms with Crippen LogP contribution in [-0.2, 0) is 0 Å². The van der Waals surface area contributed by atoms with Crippen molar-refractivity contribution in [2.24, 2.45) is 9.98 Å². The summed E-state index contributed by atoms with van der Waals surface area (Å²) < 4.78 is 0. The van der Waals surface area contributed by atoms with Crippen molar-refractivity contribution < 1.29 is 0 Å². The molecule has 7 aromatic carbocycles. The summed E-state index contributed by atoms with van der Waals surface area (Å²) >= 11 is 0. The highest BCUT2D eigenvalue weighted by atomic mass is 15.3. The SMILES string of the molecule is c1ccc(-c2ccccc2-c2ccc3c(c2-c2nnnc(-c4ccccc4)c2-c2ccccc2)-c2c4c(ccc2=N3)=c2ccccc2=N4)cc1. The molecule has 3 heterocycles.